The number of H-pyrrole nitrogens is 1. The maximum Gasteiger partial charge on any atom is 0.141 e. The van der Waals surface area contributed by atoms with Gasteiger partial charge in [0.2, 0.25) is 0 Å². The van der Waals surface area contributed by atoms with Crippen LogP contribution in [0.2, 0.25) is 5.15 Å². The van der Waals surface area contributed by atoms with Crippen LogP contribution in [0.3, 0.4) is 0 Å². The van der Waals surface area contributed by atoms with Crippen molar-refractivity contribution in [1.29, 1.82) is 5.26 Å². The molecule has 0 amide bonds. The zero-order chi connectivity index (χ0) is 20.5. The highest BCUT2D eigenvalue weighted by Gasteiger charge is 2.32. The number of hydrogen-bond donors (Lipinski definition) is 1. The average Bonchev–Trinajstić information content (AvgIpc) is 3.52. The number of rotatable bonds is 5. The van der Waals surface area contributed by atoms with Crippen molar-refractivity contribution in [1.82, 2.24) is 29.7 Å². The summed E-state index contributed by atoms with van der Waals surface area (Å²) in [6.07, 6.45) is 8.55. The summed E-state index contributed by atoms with van der Waals surface area (Å²) in [7, 11) is 0. The van der Waals surface area contributed by atoms with Gasteiger partial charge in [0.05, 0.1) is 30.4 Å². The third-order valence-electron chi connectivity index (χ3n) is 5.66. The van der Waals surface area contributed by atoms with Crippen LogP contribution >= 0.6 is 11.6 Å². The third-order valence-corrected chi connectivity index (χ3v) is 5.87. The van der Waals surface area contributed by atoms with Crippen molar-refractivity contribution in [2.24, 2.45) is 5.92 Å². The van der Waals surface area contributed by atoms with Gasteiger partial charge in [-0.15, -0.1) is 0 Å². The molecule has 5 rings (SSSR count). The molecule has 4 aromatic heterocycles. The predicted octanol–water partition coefficient (Wildman–Crippen LogP) is 3.85. The van der Waals surface area contributed by atoms with Gasteiger partial charge in [0.25, 0.3) is 0 Å². The molecule has 30 heavy (non-hydrogen) atoms. The van der Waals surface area contributed by atoms with Gasteiger partial charge in [0, 0.05) is 42.4 Å². The second kappa shape index (κ2) is 7.76. The van der Waals surface area contributed by atoms with Crippen LogP contribution in [0.1, 0.15) is 18.9 Å². The first-order chi connectivity index (χ1) is 14.7. The van der Waals surface area contributed by atoms with E-state index in [4.69, 9.17) is 11.6 Å². The van der Waals surface area contributed by atoms with Crippen molar-refractivity contribution in [2.45, 2.75) is 18.9 Å². The van der Waals surface area contributed by atoms with Gasteiger partial charge in [-0.3, -0.25) is 4.68 Å². The summed E-state index contributed by atoms with van der Waals surface area (Å²) in [6.45, 7) is 1.69. The minimum atomic E-state index is -0.0171. The molecule has 0 aliphatic carbocycles. The van der Waals surface area contributed by atoms with E-state index in [1.165, 1.54) is 0 Å². The molecule has 1 fully saturated rings. The largest absolute Gasteiger partial charge is 0.356 e. The first kappa shape index (κ1) is 18.6. The maximum atomic E-state index is 9.46. The summed E-state index contributed by atoms with van der Waals surface area (Å²) < 4.78 is 1.92. The average molecular weight is 419 g/mol. The fourth-order valence-corrected chi connectivity index (χ4v) is 4.36. The Morgan fingerprint density at radius 2 is 2.23 bits per heavy atom. The number of anilines is 1. The van der Waals surface area contributed by atoms with Gasteiger partial charge < -0.3 is 9.88 Å². The Kier molecular flexibility index (Phi) is 4.81. The highest BCUT2D eigenvalue weighted by molar-refractivity contribution is 6.29. The Morgan fingerprint density at radius 1 is 1.30 bits per heavy atom. The SMILES string of the molecule is N#CC[C@@H](C1CCN(c2cccc(Cl)n2)C1)n1cc(-c2ncnc3[nH]ccc23)cn1. The molecule has 1 aliphatic rings. The lowest BCUT2D eigenvalue weighted by molar-refractivity contribution is 0.332. The van der Waals surface area contributed by atoms with E-state index in [-0.39, 0.29) is 12.0 Å². The second-order valence-electron chi connectivity index (χ2n) is 7.41. The zero-order valence-corrected chi connectivity index (χ0v) is 16.9. The van der Waals surface area contributed by atoms with Crippen LogP contribution in [0.4, 0.5) is 5.82 Å². The molecular weight excluding hydrogens is 400 g/mol. The van der Waals surface area contributed by atoms with E-state index >= 15 is 0 Å². The number of pyridine rings is 1. The van der Waals surface area contributed by atoms with E-state index in [0.717, 1.165) is 47.6 Å². The van der Waals surface area contributed by atoms with Crippen molar-refractivity contribution >= 4 is 28.5 Å². The van der Waals surface area contributed by atoms with E-state index in [2.05, 4.69) is 36.0 Å². The zero-order valence-electron chi connectivity index (χ0n) is 16.1. The minimum Gasteiger partial charge on any atom is -0.356 e. The smallest absolute Gasteiger partial charge is 0.141 e. The maximum absolute atomic E-state index is 9.46. The first-order valence-corrected chi connectivity index (χ1v) is 10.2. The molecule has 9 heteroatoms. The fraction of sp³-hybridized carbons (Fsp3) is 0.286. The highest BCUT2D eigenvalue weighted by atomic mass is 35.5. The lowest BCUT2D eigenvalue weighted by atomic mass is 9.96. The quantitative estimate of drug-likeness (QED) is 0.494. The van der Waals surface area contributed by atoms with Crippen molar-refractivity contribution in [2.75, 3.05) is 18.0 Å². The van der Waals surface area contributed by atoms with Crippen molar-refractivity contribution in [3.63, 3.8) is 0 Å². The fourth-order valence-electron chi connectivity index (χ4n) is 4.20. The number of aromatic nitrogens is 6. The number of nitrogens with one attached hydrogen (secondary N) is 1. The Morgan fingerprint density at radius 3 is 3.10 bits per heavy atom. The van der Waals surface area contributed by atoms with Crippen molar-refractivity contribution in [3.05, 3.63) is 54.3 Å². The molecule has 1 saturated heterocycles. The van der Waals surface area contributed by atoms with Crippen LogP contribution < -0.4 is 4.90 Å². The standard InChI is InChI=1S/C21H19ClN8/c22-18-2-1-3-19(28-18)29-9-6-14(11-29)17(4-7-23)30-12-15(10-27-30)20-16-5-8-24-21(16)26-13-25-20/h1-3,5,8,10,12-14,17H,4,6,9,11H2,(H,24,25,26)/t14?,17-/m0/s1. The van der Waals surface area contributed by atoms with Gasteiger partial charge in [-0.1, -0.05) is 17.7 Å². The molecular formula is C21H19ClN8. The van der Waals surface area contributed by atoms with Gasteiger partial charge >= 0.3 is 0 Å². The molecule has 1 unspecified atom stereocenters. The molecule has 5 heterocycles. The summed E-state index contributed by atoms with van der Waals surface area (Å²) in [5.41, 5.74) is 2.54. The predicted molar refractivity (Wildman–Crippen MR) is 114 cm³/mol. The van der Waals surface area contributed by atoms with E-state index < -0.39 is 0 Å². The molecule has 0 bridgehead atoms. The minimum absolute atomic E-state index is 0.0171. The van der Waals surface area contributed by atoms with E-state index in [1.807, 2.05) is 41.5 Å². The molecule has 4 aromatic rings. The van der Waals surface area contributed by atoms with Crippen LogP contribution in [-0.4, -0.2) is 42.8 Å². The topological polar surface area (TPSA) is 99.3 Å². The number of nitriles is 1. The lowest BCUT2D eigenvalue weighted by Crippen LogP contribution is -2.25. The lowest BCUT2D eigenvalue weighted by Gasteiger charge is -2.23. The summed E-state index contributed by atoms with van der Waals surface area (Å²) >= 11 is 6.05. The number of halogens is 1. The van der Waals surface area contributed by atoms with Crippen LogP contribution in [0, 0.1) is 17.2 Å². The van der Waals surface area contributed by atoms with Crippen LogP contribution in [0.15, 0.2) is 49.2 Å². The second-order valence-corrected chi connectivity index (χ2v) is 7.80. The van der Waals surface area contributed by atoms with Crippen molar-refractivity contribution in [3.8, 4) is 17.3 Å². The molecule has 150 valence electrons. The number of hydrogen-bond acceptors (Lipinski definition) is 6. The van der Waals surface area contributed by atoms with Crippen LogP contribution in [-0.2, 0) is 0 Å². The Labute approximate surface area is 178 Å². The van der Waals surface area contributed by atoms with Crippen LogP contribution in [0.25, 0.3) is 22.3 Å². The van der Waals surface area contributed by atoms with E-state index in [1.54, 1.807) is 12.4 Å². The summed E-state index contributed by atoms with van der Waals surface area (Å²) in [5.74, 6) is 1.16. The summed E-state index contributed by atoms with van der Waals surface area (Å²) in [5, 5.41) is 15.5. The molecule has 0 radical (unpaired) electrons. The molecule has 1 N–H and O–H groups in total. The first-order valence-electron chi connectivity index (χ1n) is 9.80. The van der Waals surface area contributed by atoms with Gasteiger partial charge in [-0.05, 0) is 24.6 Å². The van der Waals surface area contributed by atoms with Gasteiger partial charge in [-0.25, -0.2) is 15.0 Å². The number of fused-ring (bicyclic) bond motifs is 1. The molecule has 1 aliphatic heterocycles. The third kappa shape index (κ3) is 3.37. The van der Waals surface area contributed by atoms with Gasteiger partial charge in [-0.2, -0.15) is 10.4 Å². The van der Waals surface area contributed by atoms with Crippen molar-refractivity contribution < 1.29 is 0 Å². The normalized spacial score (nSPS) is 17.3. The van der Waals surface area contributed by atoms with E-state index in [9.17, 15) is 5.26 Å². The summed E-state index contributed by atoms with van der Waals surface area (Å²) in [6, 6.07) is 9.93. The Bertz CT molecular complexity index is 1220. The molecule has 2 atom stereocenters. The molecule has 0 saturated carbocycles. The van der Waals surface area contributed by atoms with Gasteiger partial charge in [0.15, 0.2) is 0 Å². The molecule has 0 aromatic carbocycles. The van der Waals surface area contributed by atoms with Gasteiger partial charge in [0.1, 0.15) is 22.9 Å². The van der Waals surface area contributed by atoms with E-state index in [0.29, 0.717) is 11.6 Å². The number of nitrogens with zero attached hydrogens (tertiary/aromatic N) is 7. The monoisotopic (exact) mass is 418 g/mol. The number of aromatic amines is 1. The summed E-state index contributed by atoms with van der Waals surface area (Å²) in [4.78, 5) is 18.4. The molecule has 0 spiro atoms. The Balaban J connectivity index is 1.41. The van der Waals surface area contributed by atoms with Crippen LogP contribution in [0.5, 0.6) is 0 Å². The highest BCUT2D eigenvalue weighted by Crippen LogP contribution is 2.34. The molecule has 8 nitrogen and oxygen atoms in total. The Hall–Kier alpha value is -3.44.